The minimum absolute atomic E-state index is 0.189. The second kappa shape index (κ2) is 4.51. The van der Waals surface area contributed by atoms with E-state index in [-0.39, 0.29) is 5.75 Å². The number of rotatable bonds is 2. The second-order valence-corrected chi connectivity index (χ2v) is 6.47. The van der Waals surface area contributed by atoms with Crippen LogP contribution in [0.1, 0.15) is 30.9 Å². The summed E-state index contributed by atoms with van der Waals surface area (Å²) in [6.45, 7) is 0. The molecule has 0 saturated carbocycles. The van der Waals surface area contributed by atoms with Gasteiger partial charge in [-0.2, -0.15) is 0 Å². The number of hydrogen-bond donors (Lipinski definition) is 1. The molecule has 4 nitrogen and oxygen atoms in total. The average molecular weight is 241 g/mol. The first-order valence-electron chi connectivity index (χ1n) is 5.41. The van der Waals surface area contributed by atoms with Crippen molar-refractivity contribution in [2.45, 2.75) is 30.6 Å². The lowest BCUT2D eigenvalue weighted by molar-refractivity contribution is 0.164. The van der Waals surface area contributed by atoms with Crippen molar-refractivity contribution in [3.63, 3.8) is 0 Å². The van der Waals surface area contributed by atoms with E-state index in [1.54, 1.807) is 18.3 Å². The highest BCUT2D eigenvalue weighted by atomic mass is 32.2. The first-order valence-corrected chi connectivity index (χ1v) is 7.12. The highest BCUT2D eigenvalue weighted by molar-refractivity contribution is 7.92. The molecule has 2 rings (SSSR count). The van der Waals surface area contributed by atoms with Crippen LogP contribution in [-0.2, 0) is 9.84 Å². The summed E-state index contributed by atoms with van der Waals surface area (Å²) in [5, 5.41) is 9.40. The van der Waals surface area contributed by atoms with Crippen LogP contribution in [0.15, 0.2) is 24.5 Å². The van der Waals surface area contributed by atoms with Crippen molar-refractivity contribution in [2.75, 3.05) is 5.75 Å². The Kier molecular flexibility index (Phi) is 3.25. The van der Waals surface area contributed by atoms with Gasteiger partial charge >= 0.3 is 0 Å². The van der Waals surface area contributed by atoms with Crippen molar-refractivity contribution in [1.29, 1.82) is 0 Å². The van der Waals surface area contributed by atoms with E-state index in [0.29, 0.717) is 18.4 Å². The maximum absolute atomic E-state index is 11.8. The van der Waals surface area contributed by atoms with Crippen LogP contribution in [0, 0.1) is 0 Å². The molecular weight excluding hydrogens is 226 g/mol. The van der Waals surface area contributed by atoms with E-state index >= 15 is 0 Å². The van der Waals surface area contributed by atoms with Crippen LogP contribution in [0.5, 0.6) is 0 Å². The first kappa shape index (κ1) is 11.5. The van der Waals surface area contributed by atoms with Crippen molar-refractivity contribution in [2.24, 2.45) is 0 Å². The van der Waals surface area contributed by atoms with Crippen molar-refractivity contribution in [3.05, 3.63) is 30.1 Å². The van der Waals surface area contributed by atoms with E-state index < -0.39 is 21.2 Å². The molecule has 0 spiro atoms. The standard InChI is InChI=1S/C11H15NO3S/c13-11(9-4-3-6-12-8-9)10-5-1-2-7-16(10,14)15/h3-4,6,8,10-11,13H,1-2,5,7H2. The number of nitrogens with zero attached hydrogens (tertiary/aromatic N) is 1. The summed E-state index contributed by atoms with van der Waals surface area (Å²) in [4.78, 5) is 3.89. The number of sulfone groups is 1. The topological polar surface area (TPSA) is 67.3 Å². The zero-order chi connectivity index (χ0) is 11.6. The zero-order valence-corrected chi connectivity index (χ0v) is 9.73. The van der Waals surface area contributed by atoms with Gasteiger partial charge in [0.2, 0.25) is 0 Å². The van der Waals surface area contributed by atoms with Gasteiger partial charge in [-0.3, -0.25) is 4.98 Å². The zero-order valence-electron chi connectivity index (χ0n) is 8.91. The minimum Gasteiger partial charge on any atom is -0.387 e. The van der Waals surface area contributed by atoms with Gasteiger partial charge < -0.3 is 5.11 Å². The van der Waals surface area contributed by atoms with Crippen LogP contribution in [0.4, 0.5) is 0 Å². The lowest BCUT2D eigenvalue weighted by atomic mass is 10.0. The normalized spacial score (nSPS) is 26.2. The van der Waals surface area contributed by atoms with Gasteiger partial charge in [-0.25, -0.2) is 8.42 Å². The molecule has 2 atom stereocenters. The Morgan fingerprint density at radius 3 is 2.88 bits per heavy atom. The third-order valence-electron chi connectivity index (χ3n) is 3.01. The minimum atomic E-state index is -3.15. The van der Waals surface area contributed by atoms with Crippen LogP contribution < -0.4 is 0 Å². The average Bonchev–Trinajstić information content (AvgIpc) is 2.29. The molecule has 0 amide bonds. The van der Waals surface area contributed by atoms with E-state index in [1.807, 2.05) is 0 Å². The van der Waals surface area contributed by atoms with E-state index in [0.717, 1.165) is 6.42 Å². The van der Waals surface area contributed by atoms with Crippen molar-refractivity contribution in [3.8, 4) is 0 Å². The number of aliphatic hydroxyl groups is 1. The van der Waals surface area contributed by atoms with Crippen LogP contribution in [0.2, 0.25) is 0 Å². The second-order valence-electron chi connectivity index (χ2n) is 4.13. The SMILES string of the molecule is O=S1(=O)CCCCC1C(O)c1cccnc1. The predicted octanol–water partition coefficient (Wildman–Crippen LogP) is 1.08. The molecule has 0 bridgehead atoms. The molecule has 1 aliphatic heterocycles. The first-order chi connectivity index (χ1) is 7.61. The molecule has 1 saturated heterocycles. The maximum Gasteiger partial charge on any atom is 0.156 e. The van der Waals surface area contributed by atoms with Crippen molar-refractivity contribution in [1.82, 2.24) is 4.98 Å². The molecule has 1 aromatic heterocycles. The fraction of sp³-hybridized carbons (Fsp3) is 0.545. The molecule has 2 heterocycles. The van der Waals surface area contributed by atoms with Gasteiger partial charge in [0.25, 0.3) is 0 Å². The Hall–Kier alpha value is -0.940. The molecule has 0 radical (unpaired) electrons. The Morgan fingerprint density at radius 1 is 1.44 bits per heavy atom. The Bertz CT molecular complexity index is 444. The van der Waals surface area contributed by atoms with Gasteiger partial charge in [-0.15, -0.1) is 0 Å². The van der Waals surface area contributed by atoms with E-state index in [1.165, 1.54) is 6.20 Å². The molecule has 0 aromatic carbocycles. The van der Waals surface area contributed by atoms with Crippen LogP contribution in [0.25, 0.3) is 0 Å². The van der Waals surface area contributed by atoms with E-state index in [9.17, 15) is 13.5 Å². The van der Waals surface area contributed by atoms with Gasteiger partial charge in [-0.1, -0.05) is 12.5 Å². The fourth-order valence-corrected chi connectivity index (χ4v) is 4.08. The monoisotopic (exact) mass is 241 g/mol. The maximum atomic E-state index is 11.8. The number of pyridine rings is 1. The highest BCUT2D eigenvalue weighted by Crippen LogP contribution is 2.30. The number of aliphatic hydroxyl groups excluding tert-OH is 1. The fourth-order valence-electron chi connectivity index (χ4n) is 2.10. The largest absolute Gasteiger partial charge is 0.387 e. The molecule has 88 valence electrons. The third kappa shape index (κ3) is 2.25. The molecule has 16 heavy (non-hydrogen) atoms. The molecule has 0 aliphatic carbocycles. The Morgan fingerprint density at radius 2 is 2.25 bits per heavy atom. The Labute approximate surface area is 95.3 Å². The molecule has 2 unspecified atom stereocenters. The van der Waals surface area contributed by atoms with Gasteiger partial charge in [0, 0.05) is 18.0 Å². The summed E-state index contributed by atoms with van der Waals surface area (Å²) in [6.07, 6.45) is 4.29. The van der Waals surface area contributed by atoms with Crippen molar-refractivity contribution < 1.29 is 13.5 Å². The van der Waals surface area contributed by atoms with Crippen LogP contribution in [0.3, 0.4) is 0 Å². The van der Waals surface area contributed by atoms with Crippen LogP contribution >= 0.6 is 0 Å². The van der Waals surface area contributed by atoms with Crippen molar-refractivity contribution >= 4 is 9.84 Å². The Balaban J connectivity index is 2.24. The molecule has 1 N–H and O–H groups in total. The molecule has 5 heteroatoms. The van der Waals surface area contributed by atoms with Gasteiger partial charge in [0.1, 0.15) is 0 Å². The predicted molar refractivity (Wildman–Crippen MR) is 60.6 cm³/mol. The molecule has 1 fully saturated rings. The summed E-state index contributed by atoms with van der Waals surface area (Å²) in [6, 6.07) is 3.41. The van der Waals surface area contributed by atoms with Gasteiger partial charge in [-0.05, 0) is 18.9 Å². The van der Waals surface area contributed by atoms with Gasteiger partial charge in [0.15, 0.2) is 9.84 Å². The van der Waals surface area contributed by atoms with E-state index in [2.05, 4.69) is 4.98 Å². The lowest BCUT2D eigenvalue weighted by Gasteiger charge is -2.26. The summed E-state index contributed by atoms with van der Waals surface area (Å²) >= 11 is 0. The van der Waals surface area contributed by atoms with Crippen LogP contribution in [-0.4, -0.2) is 29.5 Å². The number of hydrogen-bond acceptors (Lipinski definition) is 4. The summed E-state index contributed by atoms with van der Waals surface area (Å²) in [5.74, 6) is 0.189. The van der Waals surface area contributed by atoms with E-state index in [4.69, 9.17) is 0 Å². The third-order valence-corrected chi connectivity index (χ3v) is 5.28. The highest BCUT2D eigenvalue weighted by Gasteiger charge is 2.35. The smallest absolute Gasteiger partial charge is 0.156 e. The van der Waals surface area contributed by atoms with Gasteiger partial charge in [0.05, 0.1) is 17.1 Å². The molecule has 1 aliphatic rings. The number of aromatic nitrogens is 1. The summed E-state index contributed by atoms with van der Waals surface area (Å²) in [5.41, 5.74) is 0.581. The summed E-state index contributed by atoms with van der Waals surface area (Å²) in [7, 11) is -3.15. The quantitative estimate of drug-likeness (QED) is 0.841. The summed E-state index contributed by atoms with van der Waals surface area (Å²) < 4.78 is 23.6. The molecular formula is C11H15NO3S. The lowest BCUT2D eigenvalue weighted by Crippen LogP contribution is -2.33. The molecule has 1 aromatic rings.